The second-order valence-corrected chi connectivity index (χ2v) is 7.21. The second kappa shape index (κ2) is 6.20. The van der Waals surface area contributed by atoms with Crippen LogP contribution in [0.3, 0.4) is 0 Å². The number of carbonyl (C=O) groups excluding carboxylic acids is 1. The number of anilines is 1. The van der Waals surface area contributed by atoms with Crippen LogP contribution in [-0.2, 0) is 10.1 Å². The molecule has 0 atom stereocenters. The van der Waals surface area contributed by atoms with E-state index in [1.165, 1.54) is 36.4 Å². The van der Waals surface area contributed by atoms with Gasteiger partial charge >= 0.3 is 0 Å². The van der Waals surface area contributed by atoms with Crippen molar-refractivity contribution in [1.29, 1.82) is 0 Å². The molecule has 0 spiro atoms. The molecule has 1 aromatic heterocycles. The molecule has 128 valence electrons. The first kappa shape index (κ1) is 17.0. The highest BCUT2D eigenvalue weighted by Gasteiger charge is 2.17. The van der Waals surface area contributed by atoms with Crippen molar-refractivity contribution in [2.75, 3.05) is 5.32 Å². The Morgan fingerprint density at radius 1 is 1.20 bits per heavy atom. The summed E-state index contributed by atoms with van der Waals surface area (Å²) >= 11 is 0.990. The molecule has 1 heterocycles. The lowest BCUT2D eigenvalue weighted by atomic mass is 10.2. The molecule has 3 rings (SSSR count). The molecule has 0 fully saturated rings. The van der Waals surface area contributed by atoms with Gasteiger partial charge in [-0.15, -0.1) is 0 Å². The highest BCUT2D eigenvalue weighted by Crippen LogP contribution is 2.29. The average molecular weight is 378 g/mol. The van der Waals surface area contributed by atoms with E-state index in [1.54, 1.807) is 0 Å². The monoisotopic (exact) mass is 378 g/mol. The third kappa shape index (κ3) is 3.47. The number of amides is 1. The summed E-state index contributed by atoms with van der Waals surface area (Å²) in [6.07, 6.45) is 0. The predicted molar refractivity (Wildman–Crippen MR) is 88.6 cm³/mol. The lowest BCUT2D eigenvalue weighted by Crippen LogP contribution is -2.16. The van der Waals surface area contributed by atoms with E-state index in [-0.39, 0.29) is 16.4 Å². The number of nitro groups is 1. The summed E-state index contributed by atoms with van der Waals surface area (Å²) in [6.45, 7) is 0. The predicted octanol–water partition coefficient (Wildman–Crippen LogP) is 2.36. The van der Waals surface area contributed by atoms with Crippen molar-refractivity contribution in [3.8, 4) is 0 Å². The van der Waals surface area contributed by atoms with Gasteiger partial charge in [-0.05, 0) is 18.2 Å². The van der Waals surface area contributed by atoms with E-state index in [0.29, 0.717) is 10.2 Å². The van der Waals surface area contributed by atoms with Gasteiger partial charge < -0.3 is 4.55 Å². The van der Waals surface area contributed by atoms with E-state index in [0.717, 1.165) is 17.4 Å². The highest BCUT2D eigenvalue weighted by atomic mass is 32.2. The Kier molecular flexibility index (Phi) is 4.20. The molecule has 0 radical (unpaired) electrons. The van der Waals surface area contributed by atoms with Crippen LogP contribution in [-0.4, -0.2) is 28.8 Å². The Morgan fingerprint density at radius 3 is 2.60 bits per heavy atom. The van der Waals surface area contributed by atoms with Crippen LogP contribution in [0.5, 0.6) is 0 Å². The molecule has 0 saturated heterocycles. The standard InChI is InChI=1S/C14H9N3O6S2/c18-13(9-3-1-2-4-12(9)25(21,22)23)16-14-15-10-6-5-8(17(19)20)7-11(10)24-14/h1-7H,(H,15,16,18)(H,21,22,23)/p-1. The van der Waals surface area contributed by atoms with Gasteiger partial charge in [0, 0.05) is 12.1 Å². The summed E-state index contributed by atoms with van der Waals surface area (Å²) in [5, 5.41) is 13.3. The number of rotatable bonds is 4. The van der Waals surface area contributed by atoms with Gasteiger partial charge in [-0.1, -0.05) is 23.5 Å². The second-order valence-electron chi connectivity index (χ2n) is 4.83. The number of fused-ring (bicyclic) bond motifs is 1. The van der Waals surface area contributed by atoms with E-state index in [2.05, 4.69) is 10.3 Å². The minimum absolute atomic E-state index is 0.114. The smallest absolute Gasteiger partial charge is 0.270 e. The van der Waals surface area contributed by atoms with Gasteiger partial charge in [0.1, 0.15) is 10.1 Å². The van der Waals surface area contributed by atoms with Crippen LogP contribution in [0.4, 0.5) is 10.8 Å². The van der Waals surface area contributed by atoms with Crippen LogP contribution in [0.1, 0.15) is 10.4 Å². The maximum atomic E-state index is 12.3. The Morgan fingerprint density at radius 2 is 1.92 bits per heavy atom. The molecule has 11 heteroatoms. The van der Waals surface area contributed by atoms with Crippen LogP contribution in [0.2, 0.25) is 0 Å². The molecule has 0 aliphatic heterocycles. The Labute approximate surface area is 144 Å². The van der Waals surface area contributed by atoms with Crippen LogP contribution < -0.4 is 5.32 Å². The molecule has 9 nitrogen and oxygen atoms in total. The fourth-order valence-corrected chi connectivity index (χ4v) is 3.69. The van der Waals surface area contributed by atoms with Crippen molar-refractivity contribution in [1.82, 2.24) is 4.98 Å². The molecule has 0 unspecified atom stereocenters. The topological polar surface area (TPSA) is 142 Å². The zero-order valence-corrected chi connectivity index (χ0v) is 13.8. The van der Waals surface area contributed by atoms with Crippen LogP contribution >= 0.6 is 11.3 Å². The van der Waals surface area contributed by atoms with Gasteiger partial charge in [-0.25, -0.2) is 13.4 Å². The van der Waals surface area contributed by atoms with E-state index in [9.17, 15) is 27.9 Å². The summed E-state index contributed by atoms with van der Waals surface area (Å²) in [5.41, 5.74) is 0.0233. The van der Waals surface area contributed by atoms with Crippen molar-refractivity contribution >= 4 is 48.4 Å². The van der Waals surface area contributed by atoms with Gasteiger partial charge in [0.2, 0.25) is 0 Å². The van der Waals surface area contributed by atoms with Crippen LogP contribution in [0.25, 0.3) is 10.2 Å². The summed E-state index contributed by atoms with van der Waals surface area (Å²) in [7, 11) is -4.81. The zero-order valence-electron chi connectivity index (χ0n) is 12.2. The third-order valence-corrected chi connectivity index (χ3v) is 5.03. The van der Waals surface area contributed by atoms with Crippen molar-refractivity contribution in [2.45, 2.75) is 4.90 Å². The molecule has 2 aromatic carbocycles. The first-order valence-corrected chi connectivity index (χ1v) is 8.89. The summed E-state index contributed by atoms with van der Waals surface area (Å²) in [4.78, 5) is 26.0. The van der Waals surface area contributed by atoms with E-state index in [1.807, 2.05) is 0 Å². The first-order valence-electron chi connectivity index (χ1n) is 6.67. The van der Waals surface area contributed by atoms with Crippen LogP contribution in [0, 0.1) is 10.1 Å². The maximum absolute atomic E-state index is 12.3. The number of nitrogens with one attached hydrogen (secondary N) is 1. The number of nitrogens with zero attached hydrogens (tertiary/aromatic N) is 2. The molecule has 0 bridgehead atoms. The number of nitro benzene ring substituents is 1. The number of hydrogen-bond acceptors (Lipinski definition) is 8. The van der Waals surface area contributed by atoms with E-state index < -0.39 is 25.8 Å². The van der Waals surface area contributed by atoms with Crippen molar-refractivity contribution in [2.24, 2.45) is 0 Å². The van der Waals surface area contributed by atoms with Crippen LogP contribution in [0.15, 0.2) is 47.4 Å². The molecule has 3 aromatic rings. The molecule has 0 saturated carbocycles. The van der Waals surface area contributed by atoms with Gasteiger partial charge in [-0.2, -0.15) is 0 Å². The molecule has 1 N–H and O–H groups in total. The SMILES string of the molecule is O=C(Nc1nc2ccc([N+](=O)[O-])cc2s1)c1ccccc1S(=O)(=O)[O-]. The molecular formula is C14H8N3O6S2-. The molecule has 0 aliphatic rings. The molecule has 25 heavy (non-hydrogen) atoms. The quantitative estimate of drug-likeness (QED) is 0.417. The number of benzene rings is 2. The lowest BCUT2D eigenvalue weighted by Gasteiger charge is -2.11. The third-order valence-electron chi connectivity index (χ3n) is 3.20. The number of thiazole rings is 1. The fraction of sp³-hybridized carbons (Fsp3) is 0. The van der Waals surface area contributed by atoms with Gasteiger partial charge in [0.15, 0.2) is 5.13 Å². The van der Waals surface area contributed by atoms with Crippen molar-refractivity contribution < 1.29 is 22.7 Å². The van der Waals surface area contributed by atoms with E-state index >= 15 is 0 Å². The largest absolute Gasteiger partial charge is 0.744 e. The van der Waals surface area contributed by atoms with Gasteiger partial charge in [0.25, 0.3) is 11.6 Å². The van der Waals surface area contributed by atoms with Crippen molar-refractivity contribution in [3.63, 3.8) is 0 Å². The minimum Gasteiger partial charge on any atom is -0.744 e. The molecular weight excluding hydrogens is 370 g/mol. The Balaban J connectivity index is 1.94. The zero-order chi connectivity index (χ0) is 18.2. The fourth-order valence-electron chi connectivity index (χ4n) is 2.12. The average Bonchev–Trinajstić information content (AvgIpc) is 2.95. The van der Waals surface area contributed by atoms with E-state index in [4.69, 9.17) is 0 Å². The Bertz CT molecular complexity index is 1110. The maximum Gasteiger partial charge on any atom is 0.270 e. The lowest BCUT2D eigenvalue weighted by molar-refractivity contribution is -0.384. The summed E-state index contributed by atoms with van der Waals surface area (Å²) in [5.74, 6) is -0.816. The number of aromatic nitrogens is 1. The molecule has 1 amide bonds. The number of hydrogen-bond donors (Lipinski definition) is 1. The highest BCUT2D eigenvalue weighted by molar-refractivity contribution is 7.85. The minimum atomic E-state index is -4.81. The Hall–Kier alpha value is -2.89. The normalized spacial score (nSPS) is 11.4. The van der Waals surface area contributed by atoms with Gasteiger partial charge in [-0.3, -0.25) is 20.2 Å². The summed E-state index contributed by atoms with van der Waals surface area (Å²) < 4.78 is 34.2. The van der Waals surface area contributed by atoms with Gasteiger partial charge in [0.05, 0.1) is 25.6 Å². The number of carbonyl (C=O) groups is 1. The van der Waals surface area contributed by atoms with Crippen molar-refractivity contribution in [3.05, 3.63) is 58.1 Å². The summed E-state index contributed by atoms with van der Waals surface area (Å²) in [6, 6.07) is 9.04. The first-order chi connectivity index (χ1) is 11.8. The number of non-ortho nitro benzene ring substituents is 1. The molecule has 0 aliphatic carbocycles.